The number of nitrogen functional groups attached to an aromatic ring is 1. The minimum atomic E-state index is -0.527. The fourth-order valence-electron chi connectivity index (χ4n) is 3.67. The van der Waals surface area contributed by atoms with Crippen LogP contribution in [0.3, 0.4) is 0 Å². The summed E-state index contributed by atoms with van der Waals surface area (Å²) >= 11 is 0. The Morgan fingerprint density at radius 1 is 1.40 bits per heavy atom. The van der Waals surface area contributed by atoms with Gasteiger partial charge in [-0.15, -0.1) is 0 Å². The molecule has 158 valence electrons. The maximum atomic E-state index is 12.1. The Morgan fingerprint density at radius 2 is 2.17 bits per heavy atom. The number of anilines is 3. The molecule has 0 bridgehead atoms. The molecule has 10 nitrogen and oxygen atoms in total. The van der Waals surface area contributed by atoms with E-state index in [0.717, 1.165) is 18.4 Å². The average molecular weight is 411 g/mol. The second-order valence-corrected chi connectivity index (χ2v) is 8.16. The second-order valence-electron chi connectivity index (χ2n) is 8.16. The number of aliphatic hydroxyl groups excluding tert-OH is 1. The third-order valence-electron chi connectivity index (χ3n) is 5.49. The van der Waals surface area contributed by atoms with Crippen molar-refractivity contribution in [3.05, 3.63) is 41.1 Å². The molecule has 1 aliphatic heterocycles. The van der Waals surface area contributed by atoms with E-state index in [4.69, 9.17) is 5.84 Å². The SMILES string of the molecule is CC1(C)NC(=O)c2ccc(Nc3ncc(C(=O)NN)c(NC(CO)C4CC4)n3)cc21. The van der Waals surface area contributed by atoms with Gasteiger partial charge in [-0.3, -0.25) is 15.0 Å². The van der Waals surface area contributed by atoms with Gasteiger partial charge in [-0.2, -0.15) is 4.98 Å². The molecule has 0 spiro atoms. The van der Waals surface area contributed by atoms with E-state index in [9.17, 15) is 14.7 Å². The Morgan fingerprint density at radius 3 is 2.83 bits per heavy atom. The number of aliphatic hydroxyl groups is 1. The lowest BCUT2D eigenvalue weighted by molar-refractivity contribution is 0.0936. The van der Waals surface area contributed by atoms with Gasteiger partial charge in [0.15, 0.2) is 0 Å². The molecule has 2 aromatic rings. The number of nitrogens with two attached hydrogens (primary N) is 1. The Kier molecular flexibility index (Phi) is 5.04. The topological polar surface area (TPSA) is 154 Å². The highest BCUT2D eigenvalue weighted by atomic mass is 16.3. The Labute approximate surface area is 173 Å². The number of amides is 2. The maximum absolute atomic E-state index is 12.1. The molecule has 2 heterocycles. The number of nitrogens with one attached hydrogen (secondary N) is 4. The fourth-order valence-corrected chi connectivity index (χ4v) is 3.67. The summed E-state index contributed by atoms with van der Waals surface area (Å²) < 4.78 is 0. The molecule has 0 saturated heterocycles. The molecule has 7 N–H and O–H groups in total. The van der Waals surface area contributed by atoms with Gasteiger partial charge in [0.1, 0.15) is 11.4 Å². The third kappa shape index (κ3) is 3.79. The lowest BCUT2D eigenvalue weighted by Crippen LogP contribution is -2.33. The summed E-state index contributed by atoms with van der Waals surface area (Å²) in [6.45, 7) is 3.81. The number of carbonyl (C=O) groups excluding carboxylic acids is 2. The first-order valence-electron chi connectivity index (χ1n) is 9.82. The second kappa shape index (κ2) is 7.54. The van der Waals surface area contributed by atoms with E-state index < -0.39 is 11.4 Å². The van der Waals surface area contributed by atoms with E-state index >= 15 is 0 Å². The molecule has 1 aromatic heterocycles. The molecule has 1 aliphatic carbocycles. The first-order chi connectivity index (χ1) is 14.3. The lowest BCUT2D eigenvalue weighted by atomic mass is 9.94. The number of nitrogens with zero attached hydrogens (tertiary/aromatic N) is 2. The van der Waals surface area contributed by atoms with Gasteiger partial charge < -0.3 is 21.1 Å². The van der Waals surface area contributed by atoms with Crippen molar-refractivity contribution < 1.29 is 14.7 Å². The van der Waals surface area contributed by atoms with E-state index in [1.165, 1.54) is 6.20 Å². The van der Waals surface area contributed by atoms with Crippen molar-refractivity contribution in [2.24, 2.45) is 11.8 Å². The molecule has 0 radical (unpaired) electrons. The van der Waals surface area contributed by atoms with Gasteiger partial charge in [0.25, 0.3) is 11.8 Å². The number of aromatic nitrogens is 2. The molecule has 1 saturated carbocycles. The molecule has 1 unspecified atom stereocenters. The van der Waals surface area contributed by atoms with Crippen LogP contribution in [0.15, 0.2) is 24.4 Å². The molecule has 2 aliphatic rings. The van der Waals surface area contributed by atoms with Crippen molar-refractivity contribution in [3.8, 4) is 0 Å². The van der Waals surface area contributed by atoms with E-state index in [0.29, 0.717) is 23.0 Å². The van der Waals surface area contributed by atoms with Gasteiger partial charge >= 0.3 is 0 Å². The molecular formula is C20H25N7O3. The van der Waals surface area contributed by atoms with Crippen molar-refractivity contribution in [3.63, 3.8) is 0 Å². The zero-order valence-electron chi connectivity index (χ0n) is 16.8. The number of hydrogen-bond acceptors (Lipinski definition) is 8. The zero-order chi connectivity index (χ0) is 21.5. The number of carbonyl (C=O) groups is 2. The molecular weight excluding hydrogens is 386 g/mol. The van der Waals surface area contributed by atoms with Crippen molar-refractivity contribution in [2.75, 3.05) is 17.2 Å². The molecule has 2 amide bonds. The van der Waals surface area contributed by atoms with Crippen LogP contribution in [0.2, 0.25) is 0 Å². The predicted molar refractivity (Wildman–Crippen MR) is 111 cm³/mol. The highest BCUT2D eigenvalue weighted by Gasteiger charge is 2.35. The normalized spacial score (nSPS) is 17.7. The number of rotatable bonds is 7. The van der Waals surface area contributed by atoms with Gasteiger partial charge in [0.2, 0.25) is 5.95 Å². The van der Waals surface area contributed by atoms with Crippen LogP contribution in [0.4, 0.5) is 17.5 Å². The third-order valence-corrected chi connectivity index (χ3v) is 5.49. The molecule has 4 rings (SSSR count). The van der Waals surface area contributed by atoms with Crippen LogP contribution >= 0.6 is 0 Å². The van der Waals surface area contributed by atoms with Gasteiger partial charge in [0.05, 0.1) is 18.2 Å². The number of benzene rings is 1. The highest BCUT2D eigenvalue weighted by molar-refractivity contribution is 6.00. The van der Waals surface area contributed by atoms with E-state index in [2.05, 4.69) is 31.3 Å². The zero-order valence-corrected chi connectivity index (χ0v) is 16.8. The molecule has 1 aromatic carbocycles. The van der Waals surface area contributed by atoms with E-state index in [1.54, 1.807) is 12.1 Å². The molecule has 30 heavy (non-hydrogen) atoms. The van der Waals surface area contributed by atoms with Gasteiger partial charge in [-0.1, -0.05) is 0 Å². The molecule has 1 fully saturated rings. The summed E-state index contributed by atoms with van der Waals surface area (Å²) in [6.07, 6.45) is 3.42. The minimum Gasteiger partial charge on any atom is -0.394 e. The smallest absolute Gasteiger partial charge is 0.270 e. The van der Waals surface area contributed by atoms with Crippen LogP contribution in [0.25, 0.3) is 0 Å². The number of fused-ring (bicyclic) bond motifs is 1. The quantitative estimate of drug-likeness (QED) is 0.224. The summed E-state index contributed by atoms with van der Waals surface area (Å²) in [5, 5.41) is 18.9. The molecule has 1 atom stereocenters. The van der Waals surface area contributed by atoms with Crippen molar-refractivity contribution in [1.82, 2.24) is 20.7 Å². The van der Waals surface area contributed by atoms with Gasteiger partial charge in [-0.25, -0.2) is 10.8 Å². The van der Waals surface area contributed by atoms with Crippen LogP contribution in [0, 0.1) is 5.92 Å². The largest absolute Gasteiger partial charge is 0.394 e. The van der Waals surface area contributed by atoms with Crippen LogP contribution in [-0.4, -0.2) is 39.5 Å². The fraction of sp³-hybridized carbons (Fsp3) is 0.400. The lowest BCUT2D eigenvalue weighted by Gasteiger charge is -2.20. The van der Waals surface area contributed by atoms with Crippen LogP contribution < -0.4 is 27.2 Å². The van der Waals surface area contributed by atoms with Crippen molar-refractivity contribution >= 4 is 29.3 Å². The summed E-state index contributed by atoms with van der Waals surface area (Å²) in [7, 11) is 0. The summed E-state index contributed by atoms with van der Waals surface area (Å²) in [5.74, 6) is 5.56. The van der Waals surface area contributed by atoms with Crippen molar-refractivity contribution in [2.45, 2.75) is 38.3 Å². The predicted octanol–water partition coefficient (Wildman–Crippen LogP) is 0.985. The average Bonchev–Trinajstić information content (AvgIpc) is 3.53. The minimum absolute atomic E-state index is 0.0674. The summed E-state index contributed by atoms with van der Waals surface area (Å²) in [5.41, 5.74) is 4.03. The Balaban J connectivity index is 1.63. The first-order valence-corrected chi connectivity index (χ1v) is 9.82. The summed E-state index contributed by atoms with van der Waals surface area (Å²) in [4.78, 5) is 32.8. The van der Waals surface area contributed by atoms with Crippen molar-refractivity contribution in [1.29, 1.82) is 0 Å². The van der Waals surface area contributed by atoms with E-state index in [1.807, 2.05) is 19.9 Å². The Hall–Kier alpha value is -3.24. The standard InChI is InChI=1S/C20H25N7O3/c1-20(2)14-7-11(5-6-12(14)17(29)26-20)23-19-22-8-13(18(30)27-21)16(25-19)24-15(9-28)10-3-4-10/h5-8,10,15,28H,3-4,9,21H2,1-2H3,(H,26,29)(H,27,30)(H2,22,23,24,25). The summed E-state index contributed by atoms with van der Waals surface area (Å²) in [6, 6.07) is 5.21. The van der Waals surface area contributed by atoms with Crippen LogP contribution in [0.1, 0.15) is 53.0 Å². The van der Waals surface area contributed by atoms with Crippen LogP contribution in [-0.2, 0) is 5.54 Å². The maximum Gasteiger partial charge on any atom is 0.270 e. The highest BCUT2D eigenvalue weighted by Crippen LogP contribution is 2.35. The van der Waals surface area contributed by atoms with Gasteiger partial charge in [0, 0.05) is 17.4 Å². The first kappa shape index (κ1) is 20.0. The Bertz CT molecular complexity index is 1000. The molecule has 10 heteroatoms. The van der Waals surface area contributed by atoms with E-state index in [-0.39, 0.29) is 30.1 Å². The number of hydrogen-bond donors (Lipinski definition) is 6. The monoisotopic (exact) mass is 411 g/mol. The van der Waals surface area contributed by atoms with Gasteiger partial charge in [-0.05, 0) is 56.4 Å². The number of hydrazine groups is 1. The van der Waals surface area contributed by atoms with Crippen LogP contribution in [0.5, 0.6) is 0 Å².